The summed E-state index contributed by atoms with van der Waals surface area (Å²) < 4.78 is 5.98. The number of rotatable bonds is 5. The molecule has 134 valence electrons. The van der Waals surface area contributed by atoms with E-state index in [0.717, 1.165) is 22.3 Å². The molecule has 1 atom stereocenters. The molecule has 0 unspecified atom stereocenters. The number of hydrogen-bond acceptors (Lipinski definition) is 2. The fraction of sp³-hybridized carbons (Fsp3) is 0.409. The molecule has 0 spiro atoms. The first-order chi connectivity index (χ1) is 11.6. The normalized spacial score (nSPS) is 12.7. The molecule has 0 bridgehead atoms. The molecule has 1 N–H and O–H groups in total. The van der Waals surface area contributed by atoms with E-state index in [4.69, 9.17) is 4.74 Å². The van der Waals surface area contributed by atoms with Gasteiger partial charge in [0.15, 0.2) is 6.10 Å². The maximum Gasteiger partial charge on any atom is 0.345 e. The summed E-state index contributed by atoms with van der Waals surface area (Å²) in [5.74, 6) is -0.298. The maximum absolute atomic E-state index is 11.8. The summed E-state index contributed by atoms with van der Waals surface area (Å²) in [4.78, 5) is 11.8. The molecule has 0 aromatic heterocycles. The molecule has 0 heterocycles. The predicted molar refractivity (Wildman–Crippen MR) is 102 cm³/mol. The number of hydrogen-bond donors (Lipinski definition) is 1. The Balaban J connectivity index is 2.35. The zero-order valence-electron chi connectivity index (χ0n) is 16.0. The molecule has 2 aromatic rings. The van der Waals surface area contributed by atoms with Crippen LogP contribution in [0.2, 0.25) is 0 Å². The van der Waals surface area contributed by atoms with Crippen LogP contribution in [0.4, 0.5) is 0 Å². The van der Waals surface area contributed by atoms with Crippen LogP contribution >= 0.6 is 0 Å². The highest BCUT2D eigenvalue weighted by atomic mass is 16.5. The maximum atomic E-state index is 11.8. The van der Waals surface area contributed by atoms with E-state index in [1.165, 1.54) is 5.56 Å². The Bertz CT molecular complexity index is 746. The van der Waals surface area contributed by atoms with Crippen LogP contribution in [0, 0.1) is 20.8 Å². The second-order valence-corrected chi connectivity index (χ2v) is 7.77. The lowest BCUT2D eigenvalue weighted by Gasteiger charge is -2.25. The molecule has 2 rings (SSSR count). The third-order valence-electron chi connectivity index (χ3n) is 4.47. The largest absolute Gasteiger partial charge is 0.478 e. The van der Waals surface area contributed by atoms with Crippen molar-refractivity contribution in [3.05, 3.63) is 64.2 Å². The van der Waals surface area contributed by atoms with Gasteiger partial charge in [-0.1, -0.05) is 56.7 Å². The van der Waals surface area contributed by atoms with Gasteiger partial charge in [-0.05, 0) is 54.5 Å². The SMILES string of the molecule is Cc1cc(C)c(C[C@@H](Oc2ccccc2C(C)(C)C)C(=O)O)c(C)c1. The number of ether oxygens (including phenoxy) is 1. The first kappa shape index (κ1) is 19.0. The molecule has 0 saturated heterocycles. The molecule has 2 aromatic carbocycles. The molecule has 0 amide bonds. The molecule has 3 nitrogen and oxygen atoms in total. The van der Waals surface area contributed by atoms with E-state index in [9.17, 15) is 9.90 Å². The van der Waals surface area contributed by atoms with Gasteiger partial charge in [-0.25, -0.2) is 4.79 Å². The highest BCUT2D eigenvalue weighted by Crippen LogP contribution is 2.32. The van der Waals surface area contributed by atoms with Crippen molar-refractivity contribution in [1.82, 2.24) is 0 Å². The van der Waals surface area contributed by atoms with Gasteiger partial charge in [-0.15, -0.1) is 0 Å². The minimum Gasteiger partial charge on any atom is -0.478 e. The van der Waals surface area contributed by atoms with Crippen LogP contribution < -0.4 is 4.74 Å². The Labute approximate surface area is 150 Å². The highest BCUT2D eigenvalue weighted by Gasteiger charge is 2.25. The van der Waals surface area contributed by atoms with Gasteiger partial charge in [0.05, 0.1) is 0 Å². The quantitative estimate of drug-likeness (QED) is 0.834. The number of aliphatic carboxylic acids is 1. The average molecular weight is 340 g/mol. The molecule has 0 aliphatic rings. The van der Waals surface area contributed by atoms with Gasteiger partial charge in [-0.3, -0.25) is 0 Å². The molecule has 0 aliphatic heterocycles. The van der Waals surface area contributed by atoms with Crippen LogP contribution in [0.25, 0.3) is 0 Å². The Morgan fingerprint density at radius 2 is 1.64 bits per heavy atom. The topological polar surface area (TPSA) is 46.5 Å². The number of carbonyl (C=O) groups is 1. The Hall–Kier alpha value is -2.29. The van der Waals surface area contributed by atoms with Crippen molar-refractivity contribution >= 4 is 5.97 Å². The van der Waals surface area contributed by atoms with E-state index in [-0.39, 0.29) is 5.41 Å². The first-order valence-electron chi connectivity index (χ1n) is 8.65. The molecular weight excluding hydrogens is 312 g/mol. The summed E-state index contributed by atoms with van der Waals surface area (Å²) in [6.07, 6.45) is -0.560. The van der Waals surface area contributed by atoms with Crippen molar-refractivity contribution in [2.45, 2.75) is 59.5 Å². The second kappa shape index (κ2) is 7.30. The highest BCUT2D eigenvalue weighted by molar-refractivity contribution is 5.73. The zero-order chi connectivity index (χ0) is 18.8. The second-order valence-electron chi connectivity index (χ2n) is 7.77. The fourth-order valence-corrected chi connectivity index (χ4v) is 3.24. The van der Waals surface area contributed by atoms with Crippen molar-refractivity contribution in [2.75, 3.05) is 0 Å². The molecular formula is C22H28O3. The first-order valence-corrected chi connectivity index (χ1v) is 8.65. The molecule has 0 saturated carbocycles. The van der Waals surface area contributed by atoms with E-state index in [0.29, 0.717) is 12.2 Å². The van der Waals surface area contributed by atoms with E-state index in [2.05, 4.69) is 39.8 Å². The van der Waals surface area contributed by atoms with Crippen LogP contribution in [0.1, 0.15) is 48.6 Å². The van der Waals surface area contributed by atoms with Crippen LogP contribution in [0.3, 0.4) is 0 Å². The van der Waals surface area contributed by atoms with Gasteiger partial charge >= 0.3 is 5.97 Å². The fourth-order valence-electron chi connectivity index (χ4n) is 3.24. The molecule has 3 heteroatoms. The summed E-state index contributed by atoms with van der Waals surface area (Å²) in [5.41, 5.74) is 5.34. The summed E-state index contributed by atoms with van der Waals surface area (Å²) in [7, 11) is 0. The standard InChI is InChI=1S/C22H28O3/c1-14-11-15(2)17(16(3)12-14)13-20(21(23)24)25-19-10-8-7-9-18(19)22(4,5)6/h7-12,20H,13H2,1-6H3,(H,23,24)/t20-/m1/s1. The van der Waals surface area contributed by atoms with E-state index < -0.39 is 12.1 Å². The minimum absolute atomic E-state index is 0.116. The predicted octanol–water partition coefficient (Wildman–Crippen LogP) is 4.98. The molecule has 0 aliphatic carbocycles. The number of aryl methyl sites for hydroxylation is 3. The lowest BCUT2D eigenvalue weighted by Crippen LogP contribution is -2.31. The van der Waals surface area contributed by atoms with E-state index in [1.807, 2.05) is 38.1 Å². The lowest BCUT2D eigenvalue weighted by atomic mass is 9.86. The monoisotopic (exact) mass is 340 g/mol. The Morgan fingerprint density at radius 3 is 2.16 bits per heavy atom. The molecule has 0 fully saturated rings. The molecule has 0 radical (unpaired) electrons. The summed E-state index contributed by atoms with van der Waals surface area (Å²) in [6, 6.07) is 11.9. The van der Waals surface area contributed by atoms with Gasteiger partial charge in [0.1, 0.15) is 5.75 Å². The third-order valence-corrected chi connectivity index (χ3v) is 4.47. The van der Waals surface area contributed by atoms with Gasteiger partial charge in [-0.2, -0.15) is 0 Å². The zero-order valence-corrected chi connectivity index (χ0v) is 16.0. The van der Waals surface area contributed by atoms with Gasteiger partial charge < -0.3 is 9.84 Å². The van der Waals surface area contributed by atoms with Gasteiger partial charge in [0.25, 0.3) is 0 Å². The average Bonchev–Trinajstić information content (AvgIpc) is 2.48. The smallest absolute Gasteiger partial charge is 0.345 e. The van der Waals surface area contributed by atoms with Crippen LogP contribution in [-0.2, 0) is 16.6 Å². The van der Waals surface area contributed by atoms with Gasteiger partial charge in [0, 0.05) is 6.42 Å². The lowest BCUT2D eigenvalue weighted by molar-refractivity contribution is -0.145. The van der Waals surface area contributed by atoms with Gasteiger partial charge in [0.2, 0.25) is 0 Å². The number of para-hydroxylation sites is 1. The molecule has 25 heavy (non-hydrogen) atoms. The number of carboxylic acids is 1. The minimum atomic E-state index is -0.942. The Morgan fingerprint density at radius 1 is 1.08 bits per heavy atom. The summed E-state index contributed by atoms with van der Waals surface area (Å²) in [6.45, 7) is 12.4. The van der Waals surface area contributed by atoms with Crippen LogP contribution in [0.15, 0.2) is 36.4 Å². The third kappa shape index (κ3) is 4.62. The van der Waals surface area contributed by atoms with Crippen molar-refractivity contribution in [3.8, 4) is 5.75 Å². The number of benzene rings is 2. The van der Waals surface area contributed by atoms with Crippen molar-refractivity contribution in [3.63, 3.8) is 0 Å². The van der Waals surface area contributed by atoms with Crippen molar-refractivity contribution in [1.29, 1.82) is 0 Å². The summed E-state index contributed by atoms with van der Waals surface area (Å²) in [5, 5.41) is 9.70. The van der Waals surface area contributed by atoms with E-state index in [1.54, 1.807) is 0 Å². The van der Waals surface area contributed by atoms with Crippen LogP contribution in [-0.4, -0.2) is 17.2 Å². The van der Waals surface area contributed by atoms with Crippen LogP contribution in [0.5, 0.6) is 5.75 Å². The summed E-state index contributed by atoms with van der Waals surface area (Å²) >= 11 is 0. The van der Waals surface area contributed by atoms with E-state index >= 15 is 0 Å². The number of carboxylic acid groups (broad SMARTS) is 1. The Kier molecular flexibility index (Phi) is 5.56. The van der Waals surface area contributed by atoms with Crippen molar-refractivity contribution in [2.24, 2.45) is 0 Å². The van der Waals surface area contributed by atoms with Crippen molar-refractivity contribution < 1.29 is 14.6 Å².